The third kappa shape index (κ3) is 4.86. The summed E-state index contributed by atoms with van der Waals surface area (Å²) in [7, 11) is 0. The topological polar surface area (TPSA) is 70.2 Å². The Morgan fingerprint density at radius 2 is 1.95 bits per heavy atom. The van der Waals surface area contributed by atoms with Gasteiger partial charge in [-0.25, -0.2) is 0 Å². The van der Waals surface area contributed by atoms with E-state index >= 15 is 0 Å². The van der Waals surface area contributed by atoms with Crippen molar-refractivity contribution in [3.63, 3.8) is 0 Å². The minimum absolute atomic E-state index is 0.0635. The molecule has 0 radical (unpaired) electrons. The number of carbonyl (C=O) groups is 2. The van der Waals surface area contributed by atoms with Crippen LogP contribution < -0.4 is 16.0 Å². The van der Waals surface area contributed by atoms with Crippen LogP contribution in [0.15, 0.2) is 18.2 Å². The van der Waals surface area contributed by atoms with Gasteiger partial charge in [0.2, 0.25) is 11.8 Å². The average Bonchev–Trinajstić information content (AvgIpc) is 2.42. The van der Waals surface area contributed by atoms with E-state index in [4.69, 9.17) is 0 Å². The molecule has 2 amide bonds. The van der Waals surface area contributed by atoms with E-state index in [0.29, 0.717) is 12.3 Å². The van der Waals surface area contributed by atoms with Crippen molar-refractivity contribution >= 4 is 23.2 Å². The van der Waals surface area contributed by atoms with Crippen molar-refractivity contribution in [3.05, 3.63) is 23.8 Å². The van der Waals surface area contributed by atoms with Gasteiger partial charge in [0.15, 0.2) is 0 Å². The molecule has 1 saturated heterocycles. The Morgan fingerprint density at radius 1 is 1.24 bits per heavy atom. The van der Waals surface area contributed by atoms with E-state index in [2.05, 4.69) is 16.0 Å². The minimum atomic E-state index is -0.0965. The molecule has 0 bridgehead atoms. The van der Waals surface area contributed by atoms with Crippen molar-refractivity contribution in [2.24, 2.45) is 5.92 Å². The maximum absolute atomic E-state index is 12.1. The molecule has 0 unspecified atom stereocenters. The standard InChI is InChI=1S/C16H23N3O2/c1-11-9-14(3-4-15(11)18-12(2)20)19-16(21)10-13-5-7-17-8-6-13/h3-4,9,13,17H,5-8,10H2,1-2H3,(H,18,20)(H,19,21). The summed E-state index contributed by atoms with van der Waals surface area (Å²) in [6.07, 6.45) is 2.70. The molecule has 1 fully saturated rings. The molecule has 0 saturated carbocycles. The highest BCUT2D eigenvalue weighted by Gasteiger charge is 2.16. The number of piperidine rings is 1. The van der Waals surface area contributed by atoms with Gasteiger partial charge in [0.25, 0.3) is 0 Å². The van der Waals surface area contributed by atoms with Gasteiger partial charge in [0.1, 0.15) is 0 Å². The molecule has 1 aliphatic rings. The summed E-state index contributed by atoms with van der Waals surface area (Å²) in [6.45, 7) is 5.40. The van der Waals surface area contributed by atoms with E-state index in [0.717, 1.165) is 42.9 Å². The van der Waals surface area contributed by atoms with Crippen LogP contribution in [0.3, 0.4) is 0 Å². The van der Waals surface area contributed by atoms with Gasteiger partial charge in [0, 0.05) is 24.7 Å². The normalized spacial score (nSPS) is 15.5. The summed E-state index contributed by atoms with van der Waals surface area (Å²) in [6, 6.07) is 5.51. The number of anilines is 2. The molecule has 5 heteroatoms. The van der Waals surface area contributed by atoms with Crippen LogP contribution >= 0.6 is 0 Å². The first kappa shape index (κ1) is 15.5. The highest BCUT2D eigenvalue weighted by atomic mass is 16.2. The molecule has 1 aromatic carbocycles. The van der Waals surface area contributed by atoms with Gasteiger partial charge in [-0.3, -0.25) is 9.59 Å². The molecule has 2 rings (SSSR count). The van der Waals surface area contributed by atoms with Gasteiger partial charge in [-0.15, -0.1) is 0 Å². The fourth-order valence-corrected chi connectivity index (χ4v) is 2.63. The second kappa shape index (κ2) is 7.22. The van der Waals surface area contributed by atoms with Crippen LogP contribution in [-0.4, -0.2) is 24.9 Å². The van der Waals surface area contributed by atoms with Crippen LogP contribution in [0.1, 0.15) is 31.7 Å². The van der Waals surface area contributed by atoms with E-state index < -0.39 is 0 Å². The SMILES string of the molecule is CC(=O)Nc1ccc(NC(=O)CC2CCNCC2)cc1C. The maximum Gasteiger partial charge on any atom is 0.224 e. The molecule has 21 heavy (non-hydrogen) atoms. The van der Waals surface area contributed by atoms with Crippen LogP contribution in [0.2, 0.25) is 0 Å². The third-order valence-electron chi connectivity index (χ3n) is 3.75. The monoisotopic (exact) mass is 289 g/mol. The summed E-state index contributed by atoms with van der Waals surface area (Å²) in [5.74, 6) is 0.445. The van der Waals surface area contributed by atoms with E-state index in [1.54, 1.807) is 0 Å². The van der Waals surface area contributed by atoms with Gasteiger partial charge >= 0.3 is 0 Å². The lowest BCUT2D eigenvalue weighted by Crippen LogP contribution is -2.30. The summed E-state index contributed by atoms with van der Waals surface area (Å²) < 4.78 is 0. The van der Waals surface area contributed by atoms with Crippen LogP contribution in [-0.2, 0) is 9.59 Å². The number of carbonyl (C=O) groups excluding carboxylic acids is 2. The Morgan fingerprint density at radius 3 is 2.57 bits per heavy atom. The molecule has 1 aliphatic heterocycles. The number of nitrogens with one attached hydrogen (secondary N) is 3. The van der Waals surface area contributed by atoms with Crippen molar-refractivity contribution in [1.82, 2.24) is 5.32 Å². The van der Waals surface area contributed by atoms with Crippen LogP contribution in [0.4, 0.5) is 11.4 Å². The Balaban J connectivity index is 1.91. The van der Waals surface area contributed by atoms with Gasteiger partial charge < -0.3 is 16.0 Å². The van der Waals surface area contributed by atoms with Crippen molar-refractivity contribution in [1.29, 1.82) is 0 Å². The number of hydrogen-bond donors (Lipinski definition) is 3. The molecule has 3 N–H and O–H groups in total. The Labute approximate surface area is 125 Å². The van der Waals surface area contributed by atoms with E-state index in [-0.39, 0.29) is 11.8 Å². The molecule has 0 atom stereocenters. The fourth-order valence-electron chi connectivity index (χ4n) is 2.63. The lowest BCUT2D eigenvalue weighted by molar-refractivity contribution is -0.117. The first-order chi connectivity index (χ1) is 10.0. The lowest BCUT2D eigenvalue weighted by Gasteiger charge is -2.22. The predicted octanol–water partition coefficient (Wildman–Crippen LogP) is 2.28. The van der Waals surface area contributed by atoms with Gasteiger partial charge in [-0.2, -0.15) is 0 Å². The Kier molecular flexibility index (Phi) is 5.33. The summed E-state index contributed by atoms with van der Waals surface area (Å²) in [5.41, 5.74) is 2.49. The predicted molar refractivity (Wildman–Crippen MR) is 84.3 cm³/mol. The lowest BCUT2D eigenvalue weighted by atomic mass is 9.94. The summed E-state index contributed by atoms with van der Waals surface area (Å²) in [4.78, 5) is 23.1. The molecule has 1 heterocycles. The fraction of sp³-hybridized carbons (Fsp3) is 0.500. The van der Waals surface area contributed by atoms with E-state index in [1.807, 2.05) is 25.1 Å². The first-order valence-electron chi connectivity index (χ1n) is 7.43. The highest BCUT2D eigenvalue weighted by molar-refractivity contribution is 5.93. The Hall–Kier alpha value is -1.88. The molecule has 1 aromatic rings. The smallest absolute Gasteiger partial charge is 0.224 e. The summed E-state index contributed by atoms with van der Waals surface area (Å²) in [5, 5.41) is 9.00. The van der Waals surface area contributed by atoms with E-state index in [1.165, 1.54) is 6.92 Å². The average molecular weight is 289 g/mol. The molecule has 0 spiro atoms. The molecule has 0 aliphatic carbocycles. The number of amides is 2. The quantitative estimate of drug-likeness (QED) is 0.796. The second-order valence-electron chi connectivity index (χ2n) is 5.66. The molecule has 114 valence electrons. The third-order valence-corrected chi connectivity index (χ3v) is 3.75. The van der Waals surface area contributed by atoms with Crippen molar-refractivity contribution in [2.45, 2.75) is 33.1 Å². The number of rotatable bonds is 4. The number of benzene rings is 1. The van der Waals surface area contributed by atoms with E-state index in [9.17, 15) is 9.59 Å². The second-order valence-corrected chi connectivity index (χ2v) is 5.66. The van der Waals surface area contributed by atoms with Gasteiger partial charge in [-0.1, -0.05) is 0 Å². The zero-order chi connectivity index (χ0) is 15.2. The van der Waals surface area contributed by atoms with Gasteiger partial charge in [-0.05, 0) is 62.5 Å². The Bertz CT molecular complexity index is 522. The summed E-state index contributed by atoms with van der Waals surface area (Å²) >= 11 is 0. The maximum atomic E-state index is 12.1. The molecular formula is C16H23N3O2. The van der Waals surface area contributed by atoms with Crippen LogP contribution in [0.5, 0.6) is 0 Å². The van der Waals surface area contributed by atoms with Crippen LogP contribution in [0, 0.1) is 12.8 Å². The van der Waals surface area contributed by atoms with Crippen molar-refractivity contribution in [3.8, 4) is 0 Å². The number of aryl methyl sites for hydroxylation is 1. The molecule has 0 aromatic heterocycles. The zero-order valence-corrected chi connectivity index (χ0v) is 12.7. The van der Waals surface area contributed by atoms with Crippen molar-refractivity contribution < 1.29 is 9.59 Å². The molecule has 5 nitrogen and oxygen atoms in total. The molecular weight excluding hydrogens is 266 g/mol. The zero-order valence-electron chi connectivity index (χ0n) is 12.7. The number of hydrogen-bond acceptors (Lipinski definition) is 3. The van der Waals surface area contributed by atoms with Crippen LogP contribution in [0.25, 0.3) is 0 Å². The first-order valence-corrected chi connectivity index (χ1v) is 7.43. The largest absolute Gasteiger partial charge is 0.326 e. The minimum Gasteiger partial charge on any atom is -0.326 e. The van der Waals surface area contributed by atoms with Gasteiger partial charge in [0.05, 0.1) is 0 Å². The van der Waals surface area contributed by atoms with Crippen molar-refractivity contribution in [2.75, 3.05) is 23.7 Å². The highest BCUT2D eigenvalue weighted by Crippen LogP contribution is 2.21.